The Morgan fingerprint density at radius 3 is 3.00 bits per heavy atom. The van der Waals surface area contributed by atoms with Gasteiger partial charge in [-0.25, -0.2) is 0 Å². The molecule has 0 aliphatic carbocycles. The third-order valence-electron chi connectivity index (χ3n) is 3.93. The molecule has 2 aliphatic heterocycles. The lowest BCUT2D eigenvalue weighted by Gasteiger charge is -2.29. The first kappa shape index (κ1) is 15.7. The summed E-state index contributed by atoms with van der Waals surface area (Å²) < 4.78 is 0. The molecule has 0 spiro atoms. The zero-order valence-corrected chi connectivity index (χ0v) is 14.7. The van der Waals surface area contributed by atoms with E-state index in [0.29, 0.717) is 11.2 Å². The van der Waals surface area contributed by atoms with Crippen molar-refractivity contribution in [3.63, 3.8) is 0 Å². The molecule has 3 rings (SSSR count). The van der Waals surface area contributed by atoms with Gasteiger partial charge in [-0.15, -0.1) is 11.3 Å². The fourth-order valence-corrected chi connectivity index (χ4v) is 6.37. The average molecular weight is 343 g/mol. The maximum absolute atomic E-state index is 12.7. The monoisotopic (exact) mass is 342 g/mol. The third-order valence-corrected chi connectivity index (χ3v) is 7.68. The van der Waals surface area contributed by atoms with E-state index in [1.807, 2.05) is 23.5 Å². The van der Waals surface area contributed by atoms with Crippen LogP contribution in [0.1, 0.15) is 30.8 Å². The first-order valence-corrected chi connectivity index (χ1v) is 10.7. The van der Waals surface area contributed by atoms with E-state index in [0.717, 1.165) is 19.4 Å². The molecule has 21 heavy (non-hydrogen) atoms. The van der Waals surface area contributed by atoms with E-state index in [1.54, 1.807) is 11.3 Å². The highest BCUT2D eigenvalue weighted by Crippen LogP contribution is 2.33. The van der Waals surface area contributed by atoms with Gasteiger partial charge in [0.1, 0.15) is 6.17 Å². The highest BCUT2D eigenvalue weighted by atomic mass is 32.2. The molecule has 3 heterocycles. The molecule has 0 bridgehead atoms. The second kappa shape index (κ2) is 7.40. The van der Waals surface area contributed by atoms with Crippen LogP contribution in [0.25, 0.3) is 0 Å². The SMILES string of the molecule is CCCC1NC(c2cccs2)N(CC2CSCCS2)C1=O. The maximum atomic E-state index is 12.7. The van der Waals surface area contributed by atoms with Crippen LogP contribution in [0.4, 0.5) is 0 Å². The van der Waals surface area contributed by atoms with Gasteiger partial charge in [0.2, 0.25) is 5.91 Å². The largest absolute Gasteiger partial charge is 0.320 e. The van der Waals surface area contributed by atoms with Gasteiger partial charge in [0.05, 0.1) is 6.04 Å². The number of hydrogen-bond donors (Lipinski definition) is 1. The van der Waals surface area contributed by atoms with Crippen LogP contribution < -0.4 is 5.32 Å². The van der Waals surface area contributed by atoms with Crippen molar-refractivity contribution in [3.8, 4) is 0 Å². The lowest BCUT2D eigenvalue weighted by atomic mass is 10.2. The lowest BCUT2D eigenvalue weighted by Crippen LogP contribution is -2.38. The van der Waals surface area contributed by atoms with Crippen molar-refractivity contribution < 1.29 is 4.79 Å². The summed E-state index contributed by atoms with van der Waals surface area (Å²) in [4.78, 5) is 16.1. The fourth-order valence-electron chi connectivity index (χ4n) is 2.91. The predicted octanol–water partition coefficient (Wildman–Crippen LogP) is 3.20. The van der Waals surface area contributed by atoms with Crippen LogP contribution in [0.3, 0.4) is 0 Å². The Balaban J connectivity index is 1.74. The summed E-state index contributed by atoms with van der Waals surface area (Å²) in [7, 11) is 0. The highest BCUT2D eigenvalue weighted by molar-refractivity contribution is 8.06. The molecule has 0 saturated carbocycles. The Morgan fingerprint density at radius 2 is 2.33 bits per heavy atom. The molecule has 1 amide bonds. The second-order valence-electron chi connectivity index (χ2n) is 5.48. The molecule has 1 N–H and O–H groups in total. The molecule has 0 aromatic carbocycles. The number of amides is 1. The van der Waals surface area contributed by atoms with Gasteiger partial charge in [-0.2, -0.15) is 23.5 Å². The third kappa shape index (κ3) is 3.60. The number of carbonyl (C=O) groups excluding carboxylic acids is 1. The standard InChI is InChI=1S/C15H22N2OS3/c1-2-4-12-15(18)17(9-11-10-19-7-8-20-11)14(16-12)13-5-3-6-21-13/h3,5-6,11-12,14,16H,2,4,7-10H2,1H3. The summed E-state index contributed by atoms with van der Waals surface area (Å²) in [5.74, 6) is 3.93. The van der Waals surface area contributed by atoms with Crippen LogP contribution in [0, 0.1) is 0 Å². The summed E-state index contributed by atoms with van der Waals surface area (Å²) in [5.41, 5.74) is 0. The molecule has 6 heteroatoms. The van der Waals surface area contributed by atoms with Crippen LogP contribution >= 0.6 is 34.9 Å². The Morgan fingerprint density at radius 1 is 1.43 bits per heavy atom. The molecule has 3 atom stereocenters. The van der Waals surface area contributed by atoms with Crippen molar-refractivity contribution in [1.29, 1.82) is 0 Å². The van der Waals surface area contributed by atoms with Gasteiger partial charge < -0.3 is 4.90 Å². The summed E-state index contributed by atoms with van der Waals surface area (Å²) in [6.45, 7) is 3.03. The van der Waals surface area contributed by atoms with Gasteiger partial charge >= 0.3 is 0 Å². The van der Waals surface area contributed by atoms with E-state index in [9.17, 15) is 4.79 Å². The lowest BCUT2D eigenvalue weighted by molar-refractivity contribution is -0.130. The quantitative estimate of drug-likeness (QED) is 0.891. The topological polar surface area (TPSA) is 32.3 Å². The molecule has 3 nitrogen and oxygen atoms in total. The highest BCUT2D eigenvalue weighted by Gasteiger charge is 2.40. The van der Waals surface area contributed by atoms with Crippen LogP contribution in [0.15, 0.2) is 17.5 Å². The smallest absolute Gasteiger partial charge is 0.241 e. The Bertz CT molecular complexity index is 459. The van der Waals surface area contributed by atoms with Gasteiger partial charge in [-0.05, 0) is 17.9 Å². The number of thiophene rings is 1. The molecular weight excluding hydrogens is 320 g/mol. The molecule has 1 aromatic heterocycles. The fraction of sp³-hybridized carbons (Fsp3) is 0.667. The van der Waals surface area contributed by atoms with Crippen molar-refractivity contribution in [2.75, 3.05) is 23.8 Å². The molecule has 1 aromatic rings. The van der Waals surface area contributed by atoms with Crippen molar-refractivity contribution in [3.05, 3.63) is 22.4 Å². The first-order chi connectivity index (χ1) is 10.3. The normalized spacial score (nSPS) is 30.0. The van der Waals surface area contributed by atoms with Gasteiger partial charge in [0.25, 0.3) is 0 Å². The number of rotatable bonds is 5. The maximum Gasteiger partial charge on any atom is 0.241 e. The molecule has 2 aliphatic rings. The average Bonchev–Trinajstić information content (AvgIpc) is 3.12. The van der Waals surface area contributed by atoms with E-state index < -0.39 is 0 Å². The second-order valence-corrected chi connectivity index (χ2v) is 9.02. The van der Waals surface area contributed by atoms with Gasteiger partial charge in [-0.1, -0.05) is 19.4 Å². The zero-order valence-electron chi connectivity index (χ0n) is 12.3. The summed E-state index contributed by atoms with van der Waals surface area (Å²) in [6, 6.07) is 4.21. The minimum atomic E-state index is 0.00310. The van der Waals surface area contributed by atoms with Crippen molar-refractivity contribution in [2.45, 2.75) is 37.2 Å². The van der Waals surface area contributed by atoms with Crippen LogP contribution in [-0.4, -0.2) is 45.9 Å². The Kier molecular flexibility index (Phi) is 5.54. The van der Waals surface area contributed by atoms with Crippen molar-refractivity contribution >= 4 is 40.8 Å². The minimum absolute atomic E-state index is 0.00310. The van der Waals surface area contributed by atoms with Crippen LogP contribution in [0.2, 0.25) is 0 Å². The Labute approximate surface area is 139 Å². The number of hydrogen-bond acceptors (Lipinski definition) is 5. The van der Waals surface area contributed by atoms with Crippen molar-refractivity contribution in [1.82, 2.24) is 10.2 Å². The van der Waals surface area contributed by atoms with Crippen LogP contribution in [0.5, 0.6) is 0 Å². The van der Waals surface area contributed by atoms with Gasteiger partial charge in [0, 0.05) is 33.9 Å². The zero-order chi connectivity index (χ0) is 14.7. The van der Waals surface area contributed by atoms with Gasteiger partial charge in [0.15, 0.2) is 0 Å². The molecule has 2 saturated heterocycles. The summed E-state index contributed by atoms with van der Waals surface area (Å²) in [6.07, 6.45) is 2.06. The van der Waals surface area contributed by atoms with E-state index in [2.05, 4.69) is 34.7 Å². The number of carbonyl (C=O) groups is 1. The summed E-state index contributed by atoms with van der Waals surface area (Å²) in [5, 5.41) is 6.23. The molecule has 2 fully saturated rings. The number of thioether (sulfide) groups is 2. The van der Waals surface area contributed by atoms with E-state index in [4.69, 9.17) is 0 Å². The first-order valence-electron chi connectivity index (χ1n) is 7.59. The minimum Gasteiger partial charge on any atom is -0.320 e. The molecule has 3 unspecified atom stereocenters. The van der Waals surface area contributed by atoms with Gasteiger partial charge in [-0.3, -0.25) is 10.1 Å². The van der Waals surface area contributed by atoms with Crippen LogP contribution in [-0.2, 0) is 4.79 Å². The molecular formula is C15H22N2OS3. The Hall–Kier alpha value is -0.170. The van der Waals surface area contributed by atoms with E-state index in [1.165, 1.54) is 22.1 Å². The van der Waals surface area contributed by atoms with E-state index >= 15 is 0 Å². The number of nitrogens with one attached hydrogen (secondary N) is 1. The number of nitrogens with zero attached hydrogens (tertiary/aromatic N) is 1. The summed E-state index contributed by atoms with van der Waals surface area (Å²) >= 11 is 5.79. The molecule has 0 radical (unpaired) electrons. The van der Waals surface area contributed by atoms with E-state index in [-0.39, 0.29) is 12.2 Å². The van der Waals surface area contributed by atoms with Crippen molar-refractivity contribution in [2.24, 2.45) is 0 Å². The molecule has 116 valence electrons. The predicted molar refractivity (Wildman–Crippen MR) is 94.2 cm³/mol.